The molecule has 0 fully saturated rings. The van der Waals surface area contributed by atoms with Crippen LogP contribution in [0.2, 0.25) is 0 Å². The molecule has 5 N–H and O–H groups in total. The van der Waals surface area contributed by atoms with Gasteiger partial charge >= 0.3 is 16.4 Å². The fraction of sp³-hybridized carbons (Fsp3) is 0.222. The van der Waals surface area contributed by atoms with Crippen molar-refractivity contribution in [2.45, 2.75) is 33.2 Å². The number of nitrogens with zero attached hydrogens (tertiary/aromatic N) is 3. The van der Waals surface area contributed by atoms with Crippen LogP contribution in [0.5, 0.6) is 5.75 Å². The van der Waals surface area contributed by atoms with Crippen LogP contribution < -0.4 is 20.5 Å². The number of aryl methyl sites for hydroxylation is 2. The van der Waals surface area contributed by atoms with Gasteiger partial charge in [-0.3, -0.25) is 0 Å². The number of guanidine groups is 1. The van der Waals surface area contributed by atoms with E-state index in [-0.39, 0.29) is 11.7 Å². The molecule has 0 radical (unpaired) electrons. The lowest BCUT2D eigenvalue weighted by atomic mass is 10.0. The second kappa shape index (κ2) is 11.5. The summed E-state index contributed by atoms with van der Waals surface area (Å²) in [6, 6.07) is 18.6. The second-order valence-electron chi connectivity index (χ2n) is 8.92. The van der Waals surface area contributed by atoms with Crippen LogP contribution in [0.3, 0.4) is 0 Å². The maximum absolute atomic E-state index is 11.4. The van der Waals surface area contributed by atoms with Crippen molar-refractivity contribution in [2.75, 3.05) is 12.4 Å². The van der Waals surface area contributed by atoms with Crippen LogP contribution in [0.4, 0.5) is 10.5 Å². The van der Waals surface area contributed by atoms with Gasteiger partial charge in [-0.05, 0) is 48.2 Å². The first-order valence-electron chi connectivity index (χ1n) is 12.2. The number of hydrogen-bond acceptors (Lipinski definition) is 5. The first kappa shape index (κ1) is 27.6. The van der Waals surface area contributed by atoms with Crippen LogP contribution in [0.25, 0.3) is 22.2 Å². The largest absolute Gasteiger partial charge is 0.511 e. The maximum atomic E-state index is 11.4. The molecule has 11 nitrogen and oxygen atoms in total. The van der Waals surface area contributed by atoms with Crippen LogP contribution in [0.15, 0.2) is 65.1 Å². The van der Waals surface area contributed by atoms with Gasteiger partial charge in [-0.1, -0.05) is 49.4 Å². The number of fused-ring (bicyclic) bond motifs is 1. The average Bonchev–Trinajstić information content (AvgIpc) is 3.21. The Hall–Kier alpha value is -4.42. The smallest absolute Gasteiger partial charge is 0.449 e. The van der Waals surface area contributed by atoms with E-state index in [1.807, 2.05) is 55.5 Å². The molecular formula is C27H30N6O5S. The summed E-state index contributed by atoms with van der Waals surface area (Å²) in [6.45, 7) is 4.59. The third-order valence-electron chi connectivity index (χ3n) is 6.01. The van der Waals surface area contributed by atoms with E-state index in [1.54, 1.807) is 19.2 Å². The second-order valence-corrected chi connectivity index (χ2v) is 10.1. The van der Waals surface area contributed by atoms with Crippen molar-refractivity contribution in [3.05, 3.63) is 77.6 Å². The third kappa shape index (κ3) is 6.72. The van der Waals surface area contributed by atoms with Crippen molar-refractivity contribution >= 4 is 39.0 Å². The highest BCUT2D eigenvalue weighted by Crippen LogP contribution is 2.31. The predicted octanol–water partition coefficient (Wildman–Crippen LogP) is 4.26. The molecule has 0 amide bonds. The van der Waals surface area contributed by atoms with Gasteiger partial charge in [0.2, 0.25) is 5.96 Å². The molecule has 0 saturated carbocycles. The van der Waals surface area contributed by atoms with Crippen molar-refractivity contribution in [2.24, 2.45) is 9.54 Å². The predicted molar refractivity (Wildman–Crippen MR) is 151 cm³/mol. The summed E-state index contributed by atoms with van der Waals surface area (Å²) in [7, 11) is -2.54. The third-order valence-corrected chi connectivity index (χ3v) is 6.44. The number of hydrogen-bond donors (Lipinski definition) is 4. The number of ether oxygens (including phenoxy) is 1. The molecule has 1 heterocycles. The normalized spacial score (nSPS) is 11.9. The number of aromatic nitrogens is 2. The average molecular weight is 551 g/mol. The Kier molecular flexibility index (Phi) is 8.17. The number of para-hydroxylation sites is 1. The molecule has 0 aliphatic carbocycles. The van der Waals surface area contributed by atoms with Gasteiger partial charge in [-0.2, -0.15) is 8.42 Å². The Bertz CT molecular complexity index is 1650. The summed E-state index contributed by atoms with van der Waals surface area (Å²) in [4.78, 5) is 16.0. The molecule has 0 unspecified atom stereocenters. The van der Waals surface area contributed by atoms with Gasteiger partial charge in [-0.25, -0.2) is 14.9 Å². The fourth-order valence-corrected chi connectivity index (χ4v) is 4.75. The van der Waals surface area contributed by atoms with Gasteiger partial charge in [0.25, 0.3) is 0 Å². The fourth-order valence-electron chi connectivity index (χ4n) is 4.36. The van der Waals surface area contributed by atoms with Crippen LogP contribution >= 0.6 is 0 Å². The lowest BCUT2D eigenvalue weighted by Gasteiger charge is -2.13. The molecule has 0 aliphatic rings. The van der Waals surface area contributed by atoms with Crippen molar-refractivity contribution in [3.8, 4) is 16.9 Å². The van der Waals surface area contributed by atoms with Crippen molar-refractivity contribution < 1.29 is 23.1 Å². The van der Waals surface area contributed by atoms with Crippen molar-refractivity contribution in [1.29, 1.82) is 0 Å². The highest BCUT2D eigenvalue weighted by atomic mass is 32.2. The zero-order valence-corrected chi connectivity index (χ0v) is 22.6. The molecule has 0 saturated heterocycles. The molecule has 39 heavy (non-hydrogen) atoms. The maximum Gasteiger partial charge on any atom is 0.511 e. The summed E-state index contributed by atoms with van der Waals surface area (Å²) in [5, 5.41) is 19.8. The molecular weight excluding hydrogens is 520 g/mol. The minimum absolute atomic E-state index is 0.00107. The zero-order valence-electron chi connectivity index (χ0n) is 21.8. The standard InChI is InChI=1S/C27H30N6O5S/c1-4-7-24-31-25-17(2)14-20(30-26(29-3)32-39(28,36)37)15-22(25)33(24)16-18-10-12-19(13-11-18)21-8-5-6-9-23(21)38-27(34)35/h5-6,8-15H,4,7,16H2,1-3H3,(H,34,35)(H2,28,36,37)(H2,29,30,32). The van der Waals surface area contributed by atoms with Crippen molar-refractivity contribution in [3.63, 3.8) is 0 Å². The van der Waals surface area contributed by atoms with E-state index in [0.717, 1.165) is 46.4 Å². The summed E-state index contributed by atoms with van der Waals surface area (Å²) >= 11 is 0. The van der Waals surface area contributed by atoms with E-state index in [2.05, 4.69) is 26.5 Å². The molecule has 12 heteroatoms. The number of carboxylic acid groups (broad SMARTS) is 1. The van der Waals surface area contributed by atoms with Gasteiger partial charge in [0.1, 0.15) is 11.6 Å². The highest BCUT2D eigenvalue weighted by Gasteiger charge is 2.16. The molecule has 1 aromatic heterocycles. The lowest BCUT2D eigenvalue weighted by molar-refractivity contribution is 0.144. The van der Waals surface area contributed by atoms with E-state index in [0.29, 0.717) is 17.8 Å². The highest BCUT2D eigenvalue weighted by molar-refractivity contribution is 7.88. The summed E-state index contributed by atoms with van der Waals surface area (Å²) in [5.41, 5.74) is 5.82. The number of nitrogens with two attached hydrogens (primary N) is 1. The molecule has 4 rings (SSSR count). The number of anilines is 1. The molecule has 4 aromatic rings. The number of nitrogens with one attached hydrogen (secondary N) is 2. The van der Waals surface area contributed by atoms with Crippen LogP contribution in [-0.4, -0.2) is 42.2 Å². The van der Waals surface area contributed by atoms with Crippen molar-refractivity contribution in [1.82, 2.24) is 14.9 Å². The topological polar surface area (TPSA) is 161 Å². The molecule has 3 aromatic carbocycles. The van der Waals surface area contributed by atoms with Gasteiger partial charge in [0.15, 0.2) is 0 Å². The lowest BCUT2D eigenvalue weighted by Crippen LogP contribution is -2.29. The molecule has 0 spiro atoms. The number of carbonyl (C=O) groups is 1. The Morgan fingerprint density at radius 1 is 1.15 bits per heavy atom. The minimum atomic E-state index is -4.08. The molecule has 204 valence electrons. The monoisotopic (exact) mass is 550 g/mol. The number of benzene rings is 3. The quantitative estimate of drug-likeness (QED) is 0.110. The van der Waals surface area contributed by atoms with Gasteiger partial charge in [0.05, 0.1) is 11.0 Å². The van der Waals surface area contributed by atoms with E-state index < -0.39 is 16.4 Å². The van der Waals surface area contributed by atoms with E-state index in [1.165, 1.54) is 0 Å². The van der Waals surface area contributed by atoms with Crippen LogP contribution in [0, 0.1) is 6.92 Å². The summed E-state index contributed by atoms with van der Waals surface area (Å²) < 4.78 is 33.5. The first-order chi connectivity index (χ1) is 18.6. The Morgan fingerprint density at radius 2 is 1.87 bits per heavy atom. The van der Waals surface area contributed by atoms with Crippen LogP contribution in [-0.2, 0) is 23.2 Å². The molecule has 0 bridgehead atoms. The molecule has 0 atom stereocenters. The first-order valence-corrected chi connectivity index (χ1v) is 13.7. The van der Waals surface area contributed by atoms with Gasteiger partial charge in [-0.15, -0.1) is 4.40 Å². The zero-order chi connectivity index (χ0) is 28.2. The van der Waals surface area contributed by atoms with Gasteiger partial charge < -0.3 is 25.0 Å². The molecule has 0 aliphatic heterocycles. The van der Waals surface area contributed by atoms with E-state index in [9.17, 15) is 13.2 Å². The minimum Gasteiger partial charge on any atom is -0.449 e. The van der Waals surface area contributed by atoms with E-state index in [4.69, 9.17) is 20.0 Å². The van der Waals surface area contributed by atoms with E-state index >= 15 is 0 Å². The number of imidazole rings is 1. The van der Waals surface area contributed by atoms with Crippen LogP contribution in [0.1, 0.15) is 30.3 Å². The Balaban J connectivity index is 1.70. The Morgan fingerprint density at radius 3 is 2.51 bits per heavy atom. The SMILES string of the molecule is CCCc1nc2c(C)cc(NC(=NS(N)(=O)=O)NC)cc2n1Cc1ccc(-c2ccccc2OC(=O)O)cc1. The van der Waals surface area contributed by atoms with Gasteiger partial charge in [0, 0.05) is 31.3 Å². The summed E-state index contributed by atoms with van der Waals surface area (Å²) in [6.07, 6.45) is 0.331. The number of rotatable bonds is 8. The summed E-state index contributed by atoms with van der Waals surface area (Å²) in [5.74, 6) is 1.20. The Labute approximate surface area is 226 Å².